The maximum Gasteiger partial charge on any atom is 0.251 e. The van der Waals surface area contributed by atoms with Gasteiger partial charge in [0, 0.05) is 31.7 Å². The first-order chi connectivity index (χ1) is 14.3. The largest absolute Gasteiger partial charge is 0.354 e. The molecule has 2 N–H and O–H groups in total. The first-order valence-electron chi connectivity index (χ1n) is 10.4. The number of hydrogen-bond acceptors (Lipinski definition) is 5. The summed E-state index contributed by atoms with van der Waals surface area (Å²) in [6.45, 7) is 9.69. The third kappa shape index (κ3) is 5.57. The molecule has 1 fully saturated rings. The molecule has 7 nitrogen and oxygen atoms in total. The molecule has 2 heterocycles. The van der Waals surface area contributed by atoms with E-state index in [1.807, 2.05) is 45.0 Å². The van der Waals surface area contributed by atoms with Crippen molar-refractivity contribution < 1.29 is 9.59 Å². The van der Waals surface area contributed by atoms with Gasteiger partial charge in [0.05, 0.1) is 11.9 Å². The molecule has 0 radical (unpaired) electrons. The normalized spacial score (nSPS) is 15.7. The molecule has 160 valence electrons. The highest BCUT2D eigenvalue weighted by atomic mass is 16.2. The lowest BCUT2D eigenvalue weighted by Crippen LogP contribution is -2.47. The second kappa shape index (κ2) is 9.71. The maximum absolute atomic E-state index is 12.8. The Hall–Kier alpha value is -2.93. The Morgan fingerprint density at radius 1 is 1.00 bits per heavy atom. The van der Waals surface area contributed by atoms with Gasteiger partial charge in [0.2, 0.25) is 5.91 Å². The highest BCUT2D eigenvalue weighted by molar-refractivity contribution is 6.01. The SMILES string of the molecule is Cc1ccc(C(=O)NC(C(=O)Nc2ccc(N3CCN(C)CC3)nc2)C(C)C)cc1. The summed E-state index contributed by atoms with van der Waals surface area (Å²) in [5, 5.41) is 5.74. The van der Waals surface area contributed by atoms with Crippen molar-refractivity contribution in [3.05, 3.63) is 53.7 Å². The molecule has 1 saturated heterocycles. The summed E-state index contributed by atoms with van der Waals surface area (Å²) in [5.41, 5.74) is 2.24. The van der Waals surface area contributed by atoms with Gasteiger partial charge in [-0.05, 0) is 44.2 Å². The minimum atomic E-state index is -0.642. The molecular formula is C23H31N5O2. The van der Waals surface area contributed by atoms with Crippen LogP contribution in [0.3, 0.4) is 0 Å². The number of nitrogens with zero attached hydrogens (tertiary/aromatic N) is 3. The fraction of sp³-hybridized carbons (Fsp3) is 0.435. The topological polar surface area (TPSA) is 77.6 Å². The maximum atomic E-state index is 12.8. The van der Waals surface area contributed by atoms with Crippen LogP contribution in [0, 0.1) is 12.8 Å². The number of likely N-dealkylation sites (N-methyl/N-ethyl adjacent to an activating group) is 1. The molecule has 0 bridgehead atoms. The number of amides is 2. The Labute approximate surface area is 178 Å². The number of carbonyl (C=O) groups excluding carboxylic acids is 2. The average molecular weight is 410 g/mol. The zero-order chi connectivity index (χ0) is 21.7. The minimum Gasteiger partial charge on any atom is -0.354 e. The average Bonchev–Trinajstić information content (AvgIpc) is 2.73. The Morgan fingerprint density at radius 3 is 2.23 bits per heavy atom. The minimum absolute atomic E-state index is 0.0584. The van der Waals surface area contributed by atoms with Crippen molar-refractivity contribution in [2.75, 3.05) is 43.4 Å². The van der Waals surface area contributed by atoms with Gasteiger partial charge in [-0.15, -0.1) is 0 Å². The van der Waals surface area contributed by atoms with Crippen LogP contribution >= 0.6 is 0 Å². The van der Waals surface area contributed by atoms with Crippen LogP contribution in [0.2, 0.25) is 0 Å². The molecule has 0 spiro atoms. The third-order valence-corrected chi connectivity index (χ3v) is 5.39. The van der Waals surface area contributed by atoms with E-state index in [9.17, 15) is 9.59 Å². The Morgan fingerprint density at radius 2 is 1.67 bits per heavy atom. The van der Waals surface area contributed by atoms with E-state index in [1.165, 1.54) is 0 Å². The molecule has 0 saturated carbocycles. The van der Waals surface area contributed by atoms with E-state index in [0.717, 1.165) is 37.6 Å². The fourth-order valence-electron chi connectivity index (χ4n) is 3.37. The van der Waals surface area contributed by atoms with Crippen LogP contribution in [0.25, 0.3) is 0 Å². The van der Waals surface area contributed by atoms with Crippen molar-refractivity contribution in [2.24, 2.45) is 5.92 Å². The van der Waals surface area contributed by atoms with Gasteiger partial charge in [0.15, 0.2) is 0 Å². The Bertz CT molecular complexity index is 856. The van der Waals surface area contributed by atoms with Crippen LogP contribution in [0.4, 0.5) is 11.5 Å². The highest BCUT2D eigenvalue weighted by Crippen LogP contribution is 2.17. The summed E-state index contributed by atoms with van der Waals surface area (Å²) in [6, 6.07) is 10.4. The molecule has 2 amide bonds. The van der Waals surface area contributed by atoms with E-state index in [4.69, 9.17) is 0 Å². The van der Waals surface area contributed by atoms with Crippen molar-refractivity contribution in [3.63, 3.8) is 0 Å². The summed E-state index contributed by atoms with van der Waals surface area (Å²) >= 11 is 0. The van der Waals surface area contributed by atoms with Crippen LogP contribution in [0.1, 0.15) is 29.8 Å². The van der Waals surface area contributed by atoms with Gasteiger partial charge in [-0.1, -0.05) is 31.5 Å². The second-order valence-corrected chi connectivity index (χ2v) is 8.25. The van der Waals surface area contributed by atoms with E-state index >= 15 is 0 Å². The van der Waals surface area contributed by atoms with Gasteiger partial charge in [-0.25, -0.2) is 4.98 Å². The molecule has 0 aliphatic carbocycles. The summed E-state index contributed by atoms with van der Waals surface area (Å²) in [5.74, 6) is 0.346. The lowest BCUT2D eigenvalue weighted by Gasteiger charge is -2.33. The lowest BCUT2D eigenvalue weighted by atomic mass is 10.0. The zero-order valence-electron chi connectivity index (χ0n) is 18.2. The summed E-state index contributed by atoms with van der Waals surface area (Å²) in [7, 11) is 2.12. The predicted molar refractivity (Wildman–Crippen MR) is 120 cm³/mol. The number of carbonyl (C=O) groups is 2. The standard InChI is InChI=1S/C23H31N5O2/c1-16(2)21(26-22(29)18-7-5-17(3)6-8-18)23(30)25-19-9-10-20(24-15-19)28-13-11-27(4)12-14-28/h5-10,15-16,21H,11-14H2,1-4H3,(H,25,30)(H,26,29). The molecule has 1 aromatic carbocycles. The summed E-state index contributed by atoms with van der Waals surface area (Å²) in [6.07, 6.45) is 1.67. The second-order valence-electron chi connectivity index (χ2n) is 8.25. The number of nitrogens with one attached hydrogen (secondary N) is 2. The van der Waals surface area contributed by atoms with Crippen LogP contribution < -0.4 is 15.5 Å². The molecular weight excluding hydrogens is 378 g/mol. The van der Waals surface area contributed by atoms with Gasteiger partial charge in [-0.3, -0.25) is 9.59 Å². The smallest absolute Gasteiger partial charge is 0.251 e. The molecule has 1 aliphatic rings. The van der Waals surface area contributed by atoms with Crippen LogP contribution in [-0.4, -0.2) is 61.0 Å². The van der Waals surface area contributed by atoms with E-state index < -0.39 is 6.04 Å². The number of pyridine rings is 1. The first-order valence-corrected chi connectivity index (χ1v) is 10.4. The number of rotatable bonds is 6. The Kier molecular flexibility index (Phi) is 7.05. The van der Waals surface area contributed by atoms with Crippen LogP contribution in [0.15, 0.2) is 42.6 Å². The summed E-state index contributed by atoms with van der Waals surface area (Å²) in [4.78, 5) is 34.4. The van der Waals surface area contributed by atoms with Crippen molar-refractivity contribution in [1.82, 2.24) is 15.2 Å². The van der Waals surface area contributed by atoms with E-state index in [1.54, 1.807) is 18.3 Å². The van der Waals surface area contributed by atoms with Crippen molar-refractivity contribution in [3.8, 4) is 0 Å². The van der Waals surface area contributed by atoms with E-state index in [0.29, 0.717) is 11.3 Å². The first kappa shape index (κ1) is 21.8. The number of piperazine rings is 1. The lowest BCUT2D eigenvalue weighted by molar-refractivity contribution is -0.118. The molecule has 1 aromatic heterocycles. The van der Waals surface area contributed by atoms with Crippen LogP contribution in [0.5, 0.6) is 0 Å². The van der Waals surface area contributed by atoms with Gasteiger partial charge < -0.3 is 20.4 Å². The molecule has 3 rings (SSSR count). The fourth-order valence-corrected chi connectivity index (χ4v) is 3.37. The zero-order valence-corrected chi connectivity index (χ0v) is 18.2. The number of benzene rings is 1. The van der Waals surface area contributed by atoms with Crippen molar-refractivity contribution >= 4 is 23.3 Å². The molecule has 1 atom stereocenters. The highest BCUT2D eigenvalue weighted by Gasteiger charge is 2.25. The van der Waals surface area contributed by atoms with Gasteiger partial charge in [0.25, 0.3) is 5.91 Å². The van der Waals surface area contributed by atoms with Gasteiger partial charge in [-0.2, -0.15) is 0 Å². The van der Waals surface area contributed by atoms with Crippen LogP contribution in [-0.2, 0) is 4.79 Å². The molecule has 30 heavy (non-hydrogen) atoms. The summed E-state index contributed by atoms with van der Waals surface area (Å²) < 4.78 is 0. The molecule has 1 aliphatic heterocycles. The number of aromatic nitrogens is 1. The molecule has 7 heteroatoms. The van der Waals surface area contributed by atoms with Gasteiger partial charge in [0.1, 0.15) is 11.9 Å². The third-order valence-electron chi connectivity index (χ3n) is 5.39. The quantitative estimate of drug-likeness (QED) is 0.767. The number of aryl methyl sites for hydroxylation is 1. The van der Waals surface area contributed by atoms with Crippen molar-refractivity contribution in [2.45, 2.75) is 26.8 Å². The van der Waals surface area contributed by atoms with Crippen molar-refractivity contribution in [1.29, 1.82) is 0 Å². The number of anilines is 2. The molecule has 2 aromatic rings. The van der Waals surface area contributed by atoms with Gasteiger partial charge >= 0.3 is 0 Å². The molecule has 1 unspecified atom stereocenters. The predicted octanol–water partition coefficient (Wildman–Crippen LogP) is 2.53. The van der Waals surface area contributed by atoms with E-state index in [2.05, 4.69) is 32.5 Å². The van der Waals surface area contributed by atoms with E-state index in [-0.39, 0.29) is 17.7 Å². The number of hydrogen-bond donors (Lipinski definition) is 2. The Balaban J connectivity index is 1.61. The monoisotopic (exact) mass is 409 g/mol.